The van der Waals surface area contributed by atoms with Gasteiger partial charge in [0.25, 0.3) is 0 Å². The van der Waals surface area contributed by atoms with Crippen molar-refractivity contribution in [2.75, 3.05) is 6.54 Å². The van der Waals surface area contributed by atoms with Gasteiger partial charge in [0.2, 0.25) is 0 Å². The lowest BCUT2D eigenvalue weighted by Crippen LogP contribution is -2.24. The maximum Gasteiger partial charge on any atom is 0.131 e. The van der Waals surface area contributed by atoms with Gasteiger partial charge in [-0.05, 0) is 37.6 Å². The van der Waals surface area contributed by atoms with Gasteiger partial charge in [0, 0.05) is 17.5 Å². The Morgan fingerprint density at radius 3 is 2.78 bits per heavy atom. The maximum atomic E-state index is 14.2. The molecule has 0 spiro atoms. The molecular weight excluding hydrogens is 227 g/mol. The van der Waals surface area contributed by atoms with Crippen molar-refractivity contribution in [2.24, 2.45) is 0 Å². The van der Waals surface area contributed by atoms with Gasteiger partial charge < -0.3 is 10.3 Å². The summed E-state index contributed by atoms with van der Waals surface area (Å²) in [5.41, 5.74) is 2.38. The number of benzene rings is 1. The molecule has 18 heavy (non-hydrogen) atoms. The van der Waals surface area contributed by atoms with Gasteiger partial charge >= 0.3 is 0 Å². The van der Waals surface area contributed by atoms with E-state index in [0.717, 1.165) is 18.7 Å². The molecule has 0 radical (unpaired) electrons. The number of aromatic nitrogens is 1. The Hall–Kier alpha value is -1.61. The fourth-order valence-corrected chi connectivity index (χ4v) is 2.09. The van der Waals surface area contributed by atoms with Gasteiger partial charge in [-0.15, -0.1) is 0 Å². The third kappa shape index (κ3) is 2.62. The van der Waals surface area contributed by atoms with Crippen LogP contribution >= 0.6 is 0 Å². The fourth-order valence-electron chi connectivity index (χ4n) is 2.09. The Labute approximate surface area is 107 Å². The molecule has 1 heterocycles. The second-order valence-corrected chi connectivity index (χ2v) is 4.49. The minimum Gasteiger partial charge on any atom is -0.363 e. The molecule has 1 unspecified atom stereocenters. The third-order valence-corrected chi connectivity index (χ3v) is 3.06. The molecule has 0 aliphatic carbocycles. The zero-order valence-electron chi connectivity index (χ0n) is 10.8. The number of aryl methyl sites for hydroxylation is 1. The lowest BCUT2D eigenvalue weighted by molar-refractivity contribution is 0.536. The molecule has 0 aliphatic rings. The van der Waals surface area contributed by atoms with E-state index in [0.29, 0.717) is 11.1 Å². The van der Waals surface area contributed by atoms with E-state index in [-0.39, 0.29) is 11.9 Å². The second kappa shape index (κ2) is 5.83. The van der Waals surface area contributed by atoms with Crippen LogP contribution in [0, 0.1) is 12.7 Å². The highest BCUT2D eigenvalue weighted by Gasteiger charge is 2.18. The summed E-state index contributed by atoms with van der Waals surface area (Å²) in [4.78, 5) is 3.16. The van der Waals surface area contributed by atoms with E-state index in [2.05, 4.69) is 17.2 Å². The molecule has 0 bridgehead atoms. The van der Waals surface area contributed by atoms with E-state index in [1.54, 1.807) is 13.0 Å². The first-order valence-corrected chi connectivity index (χ1v) is 6.35. The Morgan fingerprint density at radius 2 is 2.11 bits per heavy atom. The summed E-state index contributed by atoms with van der Waals surface area (Å²) in [7, 11) is 0. The summed E-state index contributed by atoms with van der Waals surface area (Å²) in [5, 5.41) is 3.38. The van der Waals surface area contributed by atoms with Crippen molar-refractivity contribution >= 4 is 0 Å². The van der Waals surface area contributed by atoms with Gasteiger partial charge in [-0.3, -0.25) is 0 Å². The van der Waals surface area contributed by atoms with Crippen LogP contribution in [0.25, 0.3) is 0 Å². The van der Waals surface area contributed by atoms with Gasteiger partial charge in [0.15, 0.2) is 0 Å². The maximum absolute atomic E-state index is 14.2. The summed E-state index contributed by atoms with van der Waals surface area (Å²) in [6.45, 7) is 4.76. The molecule has 2 aromatic rings. The minimum absolute atomic E-state index is 0.111. The van der Waals surface area contributed by atoms with E-state index in [1.165, 1.54) is 0 Å². The summed E-state index contributed by atoms with van der Waals surface area (Å²) < 4.78 is 14.2. The molecule has 2 nitrogen and oxygen atoms in total. The van der Waals surface area contributed by atoms with Crippen molar-refractivity contribution in [2.45, 2.75) is 26.3 Å². The lowest BCUT2D eigenvalue weighted by atomic mass is 10.0. The molecular formula is C15H19FN2. The van der Waals surface area contributed by atoms with Crippen LogP contribution in [-0.2, 0) is 0 Å². The molecule has 3 heteroatoms. The monoisotopic (exact) mass is 246 g/mol. The molecule has 0 saturated carbocycles. The van der Waals surface area contributed by atoms with Crippen LogP contribution in [-0.4, -0.2) is 11.5 Å². The first kappa shape index (κ1) is 12.8. The molecule has 0 fully saturated rings. The number of H-pyrrole nitrogens is 1. The molecule has 96 valence electrons. The molecule has 0 amide bonds. The SMILES string of the molecule is CCCNC(c1ccc[nH]1)c1cccc(C)c1F. The van der Waals surface area contributed by atoms with Crippen LogP contribution in [0.5, 0.6) is 0 Å². The van der Waals surface area contributed by atoms with Crippen molar-refractivity contribution in [3.63, 3.8) is 0 Å². The Morgan fingerprint density at radius 1 is 1.28 bits per heavy atom. The van der Waals surface area contributed by atoms with Gasteiger partial charge in [0.05, 0.1) is 6.04 Å². The van der Waals surface area contributed by atoms with Crippen molar-refractivity contribution in [3.8, 4) is 0 Å². The molecule has 0 aliphatic heterocycles. The highest BCUT2D eigenvalue weighted by molar-refractivity contribution is 5.33. The van der Waals surface area contributed by atoms with E-state index >= 15 is 0 Å². The van der Waals surface area contributed by atoms with Crippen molar-refractivity contribution in [1.82, 2.24) is 10.3 Å². The largest absolute Gasteiger partial charge is 0.363 e. The number of nitrogens with one attached hydrogen (secondary N) is 2. The van der Waals surface area contributed by atoms with Crippen LogP contribution in [0.2, 0.25) is 0 Å². The van der Waals surface area contributed by atoms with Crippen LogP contribution in [0.4, 0.5) is 4.39 Å². The van der Waals surface area contributed by atoms with Crippen LogP contribution < -0.4 is 5.32 Å². The number of hydrogen-bond donors (Lipinski definition) is 2. The molecule has 1 aromatic carbocycles. The lowest BCUT2D eigenvalue weighted by Gasteiger charge is -2.19. The fraction of sp³-hybridized carbons (Fsp3) is 0.333. The number of rotatable bonds is 5. The highest BCUT2D eigenvalue weighted by atomic mass is 19.1. The first-order chi connectivity index (χ1) is 8.74. The number of hydrogen-bond acceptors (Lipinski definition) is 1. The topological polar surface area (TPSA) is 27.8 Å². The standard InChI is InChI=1S/C15H19FN2/c1-3-9-18-15(13-8-5-10-17-13)12-7-4-6-11(2)14(12)16/h4-8,10,15,17-18H,3,9H2,1-2H3. The second-order valence-electron chi connectivity index (χ2n) is 4.49. The Bertz CT molecular complexity index is 491. The Balaban J connectivity index is 2.37. The molecule has 1 atom stereocenters. The average Bonchev–Trinajstić information content (AvgIpc) is 2.88. The zero-order valence-corrected chi connectivity index (χ0v) is 10.8. The molecule has 2 N–H and O–H groups in total. The van der Waals surface area contributed by atoms with E-state index in [1.807, 2.05) is 30.5 Å². The average molecular weight is 246 g/mol. The quantitative estimate of drug-likeness (QED) is 0.829. The summed E-state index contributed by atoms with van der Waals surface area (Å²) in [6.07, 6.45) is 2.88. The van der Waals surface area contributed by atoms with Gasteiger partial charge in [-0.2, -0.15) is 0 Å². The predicted octanol–water partition coefficient (Wildman–Crippen LogP) is 3.55. The predicted molar refractivity (Wildman–Crippen MR) is 72.1 cm³/mol. The van der Waals surface area contributed by atoms with E-state index < -0.39 is 0 Å². The van der Waals surface area contributed by atoms with Crippen molar-refractivity contribution in [1.29, 1.82) is 0 Å². The van der Waals surface area contributed by atoms with E-state index in [9.17, 15) is 4.39 Å². The summed E-state index contributed by atoms with van der Waals surface area (Å²) >= 11 is 0. The summed E-state index contributed by atoms with van der Waals surface area (Å²) in [5.74, 6) is -0.124. The van der Waals surface area contributed by atoms with Crippen LogP contribution in [0.1, 0.15) is 36.2 Å². The molecule has 0 saturated heterocycles. The van der Waals surface area contributed by atoms with E-state index in [4.69, 9.17) is 0 Å². The van der Waals surface area contributed by atoms with Crippen LogP contribution in [0.3, 0.4) is 0 Å². The number of halogens is 1. The highest BCUT2D eigenvalue weighted by Crippen LogP contribution is 2.24. The molecule has 1 aromatic heterocycles. The zero-order chi connectivity index (χ0) is 13.0. The van der Waals surface area contributed by atoms with Crippen LogP contribution in [0.15, 0.2) is 36.5 Å². The number of aromatic amines is 1. The minimum atomic E-state index is -0.124. The van der Waals surface area contributed by atoms with Gasteiger partial charge in [0.1, 0.15) is 5.82 Å². The van der Waals surface area contributed by atoms with Gasteiger partial charge in [-0.25, -0.2) is 4.39 Å². The van der Waals surface area contributed by atoms with Crippen molar-refractivity contribution < 1.29 is 4.39 Å². The molecule has 2 rings (SSSR count). The normalized spacial score (nSPS) is 12.6. The van der Waals surface area contributed by atoms with Gasteiger partial charge in [-0.1, -0.05) is 25.1 Å². The van der Waals surface area contributed by atoms with Crippen molar-refractivity contribution in [3.05, 3.63) is 59.2 Å². The Kier molecular flexibility index (Phi) is 4.15. The third-order valence-electron chi connectivity index (χ3n) is 3.06. The smallest absolute Gasteiger partial charge is 0.131 e. The first-order valence-electron chi connectivity index (χ1n) is 6.35. The summed E-state index contributed by atoms with van der Waals surface area (Å²) in [6, 6.07) is 9.34.